The van der Waals surface area contributed by atoms with Gasteiger partial charge in [0.15, 0.2) is 0 Å². The number of aromatic nitrogens is 3. The van der Waals surface area contributed by atoms with E-state index in [-0.39, 0.29) is 5.91 Å². The van der Waals surface area contributed by atoms with Crippen LogP contribution >= 0.6 is 11.3 Å². The fraction of sp³-hybridized carbons (Fsp3) is 0.368. The van der Waals surface area contributed by atoms with Crippen molar-refractivity contribution in [2.45, 2.75) is 19.4 Å². The van der Waals surface area contributed by atoms with Gasteiger partial charge in [0.1, 0.15) is 0 Å². The van der Waals surface area contributed by atoms with E-state index >= 15 is 0 Å². The van der Waals surface area contributed by atoms with Crippen LogP contribution in [-0.4, -0.2) is 58.1 Å². The summed E-state index contributed by atoms with van der Waals surface area (Å²) in [4.78, 5) is 20.8. The first-order chi connectivity index (χ1) is 13.1. The van der Waals surface area contributed by atoms with E-state index in [0.717, 1.165) is 17.7 Å². The molecule has 0 aliphatic carbocycles. The molecular weight excluding hydrogens is 362 g/mol. The average Bonchev–Trinajstić information content (AvgIpc) is 3.35. The molecule has 27 heavy (non-hydrogen) atoms. The molecule has 0 aromatic carbocycles. The molecule has 0 saturated carbocycles. The summed E-state index contributed by atoms with van der Waals surface area (Å²) in [6.07, 6.45) is 4.29. The van der Waals surface area contributed by atoms with Gasteiger partial charge in [0.05, 0.1) is 0 Å². The Kier molecular flexibility index (Phi) is 6.67. The van der Waals surface area contributed by atoms with Gasteiger partial charge < -0.3 is 14.2 Å². The lowest BCUT2D eigenvalue weighted by Crippen LogP contribution is -2.36. The Bertz CT molecular complexity index is 833. The Hall–Kier alpha value is -2.58. The molecule has 3 aromatic rings. The van der Waals surface area contributed by atoms with E-state index in [2.05, 4.69) is 20.1 Å². The Labute approximate surface area is 162 Å². The van der Waals surface area contributed by atoms with Crippen molar-refractivity contribution in [2.75, 3.05) is 27.2 Å². The van der Waals surface area contributed by atoms with Crippen LogP contribution in [0.25, 0.3) is 11.5 Å². The molecule has 0 N–H and O–H groups in total. The van der Waals surface area contributed by atoms with Crippen LogP contribution < -0.4 is 0 Å². The first kappa shape index (κ1) is 19.2. The molecule has 142 valence electrons. The van der Waals surface area contributed by atoms with Crippen molar-refractivity contribution in [2.24, 2.45) is 0 Å². The monoisotopic (exact) mass is 385 g/mol. The Morgan fingerprint density at radius 1 is 1.22 bits per heavy atom. The minimum Gasteiger partial charge on any atom is -0.421 e. The highest BCUT2D eigenvalue weighted by molar-refractivity contribution is 7.08. The lowest BCUT2D eigenvalue weighted by molar-refractivity contribution is -0.132. The van der Waals surface area contributed by atoms with Crippen molar-refractivity contribution < 1.29 is 9.21 Å². The summed E-state index contributed by atoms with van der Waals surface area (Å²) in [6, 6.07) is 5.80. The highest BCUT2D eigenvalue weighted by atomic mass is 32.1. The molecule has 3 heterocycles. The number of hydrogen-bond acceptors (Lipinski definition) is 7. The molecule has 3 aromatic heterocycles. The number of nitrogens with zero attached hydrogens (tertiary/aromatic N) is 5. The van der Waals surface area contributed by atoms with E-state index in [9.17, 15) is 4.79 Å². The van der Waals surface area contributed by atoms with E-state index in [1.54, 1.807) is 23.7 Å². The lowest BCUT2D eigenvalue weighted by atomic mass is 10.2. The minimum absolute atomic E-state index is 0.0657. The van der Waals surface area contributed by atoms with Crippen LogP contribution in [0, 0.1) is 0 Å². The lowest BCUT2D eigenvalue weighted by Gasteiger charge is -2.24. The second-order valence-corrected chi connectivity index (χ2v) is 7.27. The molecule has 0 unspecified atom stereocenters. The second-order valence-electron chi connectivity index (χ2n) is 6.49. The highest BCUT2D eigenvalue weighted by Gasteiger charge is 2.17. The summed E-state index contributed by atoms with van der Waals surface area (Å²) in [5.74, 6) is 1.05. The van der Waals surface area contributed by atoms with E-state index in [4.69, 9.17) is 4.42 Å². The predicted octanol–water partition coefficient (Wildman–Crippen LogP) is 2.72. The molecule has 0 aliphatic heterocycles. The maximum absolute atomic E-state index is 12.8. The minimum atomic E-state index is 0.0657. The highest BCUT2D eigenvalue weighted by Crippen LogP contribution is 2.21. The zero-order chi connectivity index (χ0) is 19.1. The van der Waals surface area contributed by atoms with E-state index < -0.39 is 0 Å². The molecule has 0 atom stereocenters. The fourth-order valence-electron chi connectivity index (χ4n) is 2.55. The number of hydrogen-bond donors (Lipinski definition) is 0. The van der Waals surface area contributed by atoms with Gasteiger partial charge in [0.2, 0.25) is 17.7 Å². The number of amides is 1. The smallest absolute Gasteiger partial charge is 0.248 e. The van der Waals surface area contributed by atoms with Crippen LogP contribution in [0.2, 0.25) is 0 Å². The number of rotatable bonds is 9. The van der Waals surface area contributed by atoms with Crippen LogP contribution in [0.15, 0.2) is 45.8 Å². The van der Waals surface area contributed by atoms with Crippen LogP contribution in [0.1, 0.15) is 17.9 Å². The van der Waals surface area contributed by atoms with Gasteiger partial charge in [-0.2, -0.15) is 11.3 Å². The third kappa shape index (κ3) is 5.70. The molecule has 0 radical (unpaired) electrons. The normalized spacial score (nSPS) is 11.1. The number of carbonyl (C=O) groups is 1. The van der Waals surface area contributed by atoms with Crippen LogP contribution in [-0.2, 0) is 17.8 Å². The van der Waals surface area contributed by atoms with Crippen molar-refractivity contribution in [3.05, 3.63) is 52.8 Å². The summed E-state index contributed by atoms with van der Waals surface area (Å²) in [6.45, 7) is 2.00. The number of aryl methyl sites for hydroxylation is 1. The van der Waals surface area contributed by atoms with Gasteiger partial charge in [-0.25, -0.2) is 0 Å². The number of carbonyl (C=O) groups excluding carboxylic acids is 1. The molecular formula is C19H23N5O2S. The predicted molar refractivity (Wildman–Crippen MR) is 104 cm³/mol. The summed E-state index contributed by atoms with van der Waals surface area (Å²) in [5.41, 5.74) is 1.93. The largest absolute Gasteiger partial charge is 0.421 e. The Morgan fingerprint density at radius 3 is 2.81 bits per heavy atom. The van der Waals surface area contributed by atoms with Crippen LogP contribution in [0.3, 0.4) is 0 Å². The van der Waals surface area contributed by atoms with Gasteiger partial charge in [0.25, 0.3) is 0 Å². The number of likely N-dealkylation sites (N-methyl/N-ethyl adjacent to an activating group) is 1. The first-order valence-corrected chi connectivity index (χ1v) is 9.72. The SMILES string of the molecule is CN(C)CCN(Cc1cccnc1)C(=O)CCc1nnc(-c2ccsc2)o1. The number of pyridine rings is 1. The molecule has 0 spiro atoms. The van der Waals surface area contributed by atoms with Crippen LogP contribution in [0.4, 0.5) is 0 Å². The maximum atomic E-state index is 12.8. The van der Waals surface area contributed by atoms with Crippen molar-refractivity contribution in [3.8, 4) is 11.5 Å². The van der Waals surface area contributed by atoms with Crippen LogP contribution in [0.5, 0.6) is 0 Å². The summed E-state index contributed by atoms with van der Waals surface area (Å²) in [5, 5.41) is 12.0. The van der Waals surface area contributed by atoms with Gasteiger partial charge in [-0.15, -0.1) is 10.2 Å². The fourth-order valence-corrected chi connectivity index (χ4v) is 3.18. The summed E-state index contributed by atoms with van der Waals surface area (Å²) < 4.78 is 5.67. The molecule has 0 aliphatic rings. The zero-order valence-electron chi connectivity index (χ0n) is 15.5. The quantitative estimate of drug-likeness (QED) is 0.564. The molecule has 0 bridgehead atoms. The summed E-state index contributed by atoms with van der Waals surface area (Å²) in [7, 11) is 3.99. The molecule has 1 amide bonds. The molecule has 7 nitrogen and oxygen atoms in total. The molecule has 0 fully saturated rings. The Morgan fingerprint density at radius 2 is 2.11 bits per heavy atom. The molecule has 0 saturated heterocycles. The van der Waals surface area contributed by atoms with Gasteiger partial charge in [-0.05, 0) is 37.2 Å². The van der Waals surface area contributed by atoms with Crippen molar-refractivity contribution in [1.29, 1.82) is 0 Å². The standard InChI is InChI=1S/C19H23N5O2S/c1-23(2)9-10-24(13-15-4-3-8-20-12-15)18(25)6-5-17-21-22-19(26-17)16-7-11-27-14-16/h3-4,7-8,11-12,14H,5-6,9-10,13H2,1-2H3. The molecule has 8 heteroatoms. The maximum Gasteiger partial charge on any atom is 0.248 e. The first-order valence-electron chi connectivity index (χ1n) is 8.78. The van der Waals surface area contributed by atoms with E-state index in [1.807, 2.05) is 48.0 Å². The second kappa shape index (κ2) is 9.38. The molecule has 3 rings (SSSR count). The Balaban J connectivity index is 1.59. The van der Waals surface area contributed by atoms with E-state index in [1.165, 1.54) is 0 Å². The number of thiophene rings is 1. The van der Waals surface area contributed by atoms with Gasteiger partial charge in [-0.1, -0.05) is 6.07 Å². The summed E-state index contributed by atoms with van der Waals surface area (Å²) >= 11 is 1.58. The van der Waals surface area contributed by atoms with Crippen molar-refractivity contribution in [1.82, 2.24) is 25.0 Å². The van der Waals surface area contributed by atoms with Gasteiger partial charge in [0, 0.05) is 55.8 Å². The average molecular weight is 385 g/mol. The topological polar surface area (TPSA) is 75.4 Å². The van der Waals surface area contributed by atoms with Gasteiger partial charge >= 0.3 is 0 Å². The zero-order valence-corrected chi connectivity index (χ0v) is 16.4. The van der Waals surface area contributed by atoms with Crippen molar-refractivity contribution in [3.63, 3.8) is 0 Å². The third-order valence-electron chi connectivity index (χ3n) is 4.05. The van der Waals surface area contributed by atoms with E-state index in [0.29, 0.717) is 37.7 Å². The third-order valence-corrected chi connectivity index (χ3v) is 4.74. The van der Waals surface area contributed by atoms with Crippen molar-refractivity contribution >= 4 is 17.2 Å². The van der Waals surface area contributed by atoms with Gasteiger partial charge in [-0.3, -0.25) is 9.78 Å².